The zero-order chi connectivity index (χ0) is 13.9. The summed E-state index contributed by atoms with van der Waals surface area (Å²) in [4.78, 5) is 14.2. The van der Waals surface area contributed by atoms with Gasteiger partial charge in [0.25, 0.3) is 5.91 Å². The largest absolute Gasteiger partial charge is 0.336 e. The number of piperidine rings is 1. The number of nitrogens with zero attached hydrogens (tertiary/aromatic N) is 2. The molecule has 0 bridgehead atoms. The molecule has 3 rings (SSSR count). The topological polar surface area (TPSA) is 75.0 Å². The first-order valence-electron chi connectivity index (χ1n) is 6.90. The van der Waals surface area contributed by atoms with Gasteiger partial charge in [0.05, 0.1) is 5.69 Å². The summed E-state index contributed by atoms with van der Waals surface area (Å²) in [7, 11) is 0. The Labute approximate surface area is 129 Å². The van der Waals surface area contributed by atoms with E-state index in [0.717, 1.165) is 30.6 Å². The molecule has 2 aromatic rings. The van der Waals surface area contributed by atoms with E-state index in [2.05, 4.69) is 10.2 Å². The van der Waals surface area contributed by atoms with Crippen molar-refractivity contribution in [3.63, 3.8) is 0 Å². The van der Waals surface area contributed by atoms with Gasteiger partial charge >= 0.3 is 0 Å². The van der Waals surface area contributed by atoms with E-state index < -0.39 is 0 Å². The number of amides is 1. The quantitative estimate of drug-likeness (QED) is 0.892. The number of nitrogens with two attached hydrogens (primary N) is 1. The van der Waals surface area contributed by atoms with Crippen LogP contribution in [0.3, 0.4) is 0 Å². The third kappa shape index (κ3) is 3.43. The van der Waals surface area contributed by atoms with E-state index in [1.54, 1.807) is 11.0 Å². The van der Waals surface area contributed by atoms with Crippen molar-refractivity contribution >= 4 is 18.3 Å². The van der Waals surface area contributed by atoms with Gasteiger partial charge in [0.15, 0.2) is 0 Å². The average Bonchev–Trinajstić information content (AvgIpc) is 2.97. The molecule has 1 aromatic heterocycles. The van der Waals surface area contributed by atoms with E-state index in [-0.39, 0.29) is 24.4 Å². The minimum atomic E-state index is -0.0187. The molecule has 1 atom stereocenters. The van der Waals surface area contributed by atoms with E-state index >= 15 is 0 Å². The summed E-state index contributed by atoms with van der Waals surface area (Å²) in [6.45, 7) is 1.39. The highest BCUT2D eigenvalue weighted by atomic mass is 35.5. The molecular formula is C15H19ClN4O. The SMILES string of the molecule is Cl.NC1CCCN(C(=O)c2cc(-c3ccccc3)n[nH]2)C1. The van der Waals surface area contributed by atoms with Crippen molar-refractivity contribution in [2.45, 2.75) is 18.9 Å². The van der Waals surface area contributed by atoms with Crippen LogP contribution < -0.4 is 5.73 Å². The molecule has 1 saturated heterocycles. The number of aromatic amines is 1. The number of hydrogen-bond donors (Lipinski definition) is 2. The smallest absolute Gasteiger partial charge is 0.271 e. The number of halogens is 1. The van der Waals surface area contributed by atoms with Crippen molar-refractivity contribution in [1.29, 1.82) is 0 Å². The van der Waals surface area contributed by atoms with Crippen molar-refractivity contribution in [3.05, 3.63) is 42.1 Å². The van der Waals surface area contributed by atoms with Crippen LogP contribution in [0.2, 0.25) is 0 Å². The monoisotopic (exact) mass is 306 g/mol. The number of rotatable bonds is 2. The fourth-order valence-electron chi connectivity index (χ4n) is 2.55. The van der Waals surface area contributed by atoms with Crippen LogP contribution in [0.25, 0.3) is 11.3 Å². The van der Waals surface area contributed by atoms with Gasteiger partial charge in [-0.1, -0.05) is 30.3 Å². The summed E-state index contributed by atoms with van der Waals surface area (Å²) in [5.74, 6) is -0.0187. The normalized spacial score (nSPS) is 18.1. The van der Waals surface area contributed by atoms with Crippen molar-refractivity contribution < 1.29 is 4.79 Å². The van der Waals surface area contributed by atoms with Gasteiger partial charge in [0.2, 0.25) is 0 Å². The molecule has 1 aromatic carbocycles. The Kier molecular flexibility index (Phi) is 4.98. The Balaban J connectivity index is 0.00000161. The highest BCUT2D eigenvalue weighted by Gasteiger charge is 2.23. The lowest BCUT2D eigenvalue weighted by Gasteiger charge is -2.30. The third-order valence-corrected chi connectivity index (χ3v) is 3.62. The molecule has 2 heterocycles. The summed E-state index contributed by atoms with van der Waals surface area (Å²) < 4.78 is 0. The molecule has 21 heavy (non-hydrogen) atoms. The second-order valence-electron chi connectivity index (χ2n) is 5.19. The molecule has 112 valence electrons. The molecule has 0 aliphatic carbocycles. The number of carbonyl (C=O) groups excluding carboxylic acids is 1. The summed E-state index contributed by atoms with van der Waals surface area (Å²) in [5.41, 5.74) is 8.23. The van der Waals surface area contributed by atoms with Crippen LogP contribution in [0, 0.1) is 0 Å². The maximum Gasteiger partial charge on any atom is 0.271 e. The van der Waals surface area contributed by atoms with Crippen LogP contribution in [-0.2, 0) is 0 Å². The number of benzene rings is 1. The predicted molar refractivity (Wildman–Crippen MR) is 84.4 cm³/mol. The van der Waals surface area contributed by atoms with Crippen LogP contribution in [0.15, 0.2) is 36.4 Å². The number of H-pyrrole nitrogens is 1. The Morgan fingerprint density at radius 1 is 1.33 bits per heavy atom. The summed E-state index contributed by atoms with van der Waals surface area (Å²) >= 11 is 0. The minimum absolute atomic E-state index is 0. The van der Waals surface area contributed by atoms with Gasteiger partial charge in [0.1, 0.15) is 5.69 Å². The lowest BCUT2D eigenvalue weighted by atomic mass is 10.1. The molecule has 0 saturated carbocycles. The third-order valence-electron chi connectivity index (χ3n) is 3.62. The number of nitrogens with one attached hydrogen (secondary N) is 1. The van der Waals surface area contributed by atoms with Gasteiger partial charge in [-0.05, 0) is 18.9 Å². The van der Waals surface area contributed by atoms with E-state index in [4.69, 9.17) is 5.73 Å². The molecule has 1 aliphatic heterocycles. The van der Waals surface area contributed by atoms with Crippen LogP contribution in [-0.4, -0.2) is 40.1 Å². The Morgan fingerprint density at radius 3 is 2.81 bits per heavy atom. The maximum absolute atomic E-state index is 12.4. The summed E-state index contributed by atoms with van der Waals surface area (Å²) in [6.07, 6.45) is 1.95. The zero-order valence-corrected chi connectivity index (χ0v) is 12.5. The fourth-order valence-corrected chi connectivity index (χ4v) is 2.55. The highest BCUT2D eigenvalue weighted by Crippen LogP contribution is 2.18. The van der Waals surface area contributed by atoms with Crippen LogP contribution in [0.5, 0.6) is 0 Å². The first-order chi connectivity index (χ1) is 9.74. The van der Waals surface area contributed by atoms with Gasteiger partial charge in [-0.25, -0.2) is 0 Å². The first-order valence-corrected chi connectivity index (χ1v) is 6.90. The fraction of sp³-hybridized carbons (Fsp3) is 0.333. The van der Waals surface area contributed by atoms with Crippen molar-refractivity contribution in [2.24, 2.45) is 5.73 Å². The summed E-state index contributed by atoms with van der Waals surface area (Å²) in [6, 6.07) is 11.7. The zero-order valence-electron chi connectivity index (χ0n) is 11.7. The number of carbonyl (C=O) groups is 1. The molecule has 1 aliphatic rings. The second kappa shape index (κ2) is 6.74. The lowest BCUT2D eigenvalue weighted by Crippen LogP contribution is -2.45. The number of aromatic nitrogens is 2. The molecule has 0 spiro atoms. The van der Waals surface area contributed by atoms with Crippen molar-refractivity contribution in [3.8, 4) is 11.3 Å². The molecule has 1 fully saturated rings. The predicted octanol–water partition coefficient (Wildman–Crippen LogP) is 2.06. The first kappa shape index (κ1) is 15.5. The van der Waals surface area contributed by atoms with Crippen molar-refractivity contribution in [2.75, 3.05) is 13.1 Å². The number of hydrogen-bond acceptors (Lipinski definition) is 3. The maximum atomic E-state index is 12.4. The van der Waals surface area contributed by atoms with Gasteiger partial charge in [0, 0.05) is 24.7 Å². The minimum Gasteiger partial charge on any atom is -0.336 e. The standard InChI is InChI=1S/C15H18N4O.ClH/c16-12-7-4-8-19(10-12)15(20)14-9-13(17-18-14)11-5-2-1-3-6-11;/h1-3,5-6,9,12H,4,7-8,10,16H2,(H,17,18);1H. The second-order valence-corrected chi connectivity index (χ2v) is 5.19. The molecular weight excluding hydrogens is 288 g/mol. The van der Waals surface area contributed by atoms with Gasteiger partial charge < -0.3 is 10.6 Å². The molecule has 0 radical (unpaired) electrons. The molecule has 3 N–H and O–H groups in total. The molecule has 6 heteroatoms. The van der Waals surface area contributed by atoms with Crippen LogP contribution >= 0.6 is 12.4 Å². The van der Waals surface area contributed by atoms with E-state index in [1.165, 1.54) is 0 Å². The van der Waals surface area contributed by atoms with Crippen LogP contribution in [0.1, 0.15) is 23.3 Å². The summed E-state index contributed by atoms with van der Waals surface area (Å²) in [5, 5.41) is 7.05. The Bertz CT molecular complexity index is 599. The molecule has 5 nitrogen and oxygen atoms in total. The Morgan fingerprint density at radius 2 is 2.10 bits per heavy atom. The van der Waals surface area contributed by atoms with Crippen LogP contribution in [0.4, 0.5) is 0 Å². The van der Waals surface area contributed by atoms with E-state index in [0.29, 0.717) is 12.2 Å². The van der Waals surface area contributed by atoms with Gasteiger partial charge in [-0.3, -0.25) is 9.89 Å². The van der Waals surface area contributed by atoms with E-state index in [1.807, 2.05) is 30.3 Å². The molecule has 1 amide bonds. The van der Waals surface area contributed by atoms with E-state index in [9.17, 15) is 4.79 Å². The number of likely N-dealkylation sites (tertiary alicyclic amines) is 1. The van der Waals surface area contributed by atoms with Gasteiger partial charge in [-0.15, -0.1) is 12.4 Å². The van der Waals surface area contributed by atoms with Crippen molar-refractivity contribution in [1.82, 2.24) is 15.1 Å². The average molecular weight is 307 g/mol. The Hall–Kier alpha value is -1.85. The highest BCUT2D eigenvalue weighted by molar-refractivity contribution is 5.93. The lowest BCUT2D eigenvalue weighted by molar-refractivity contribution is 0.0703. The molecule has 1 unspecified atom stereocenters. The van der Waals surface area contributed by atoms with Gasteiger partial charge in [-0.2, -0.15) is 5.10 Å².